The van der Waals surface area contributed by atoms with Crippen molar-refractivity contribution in [3.8, 4) is 0 Å². The second-order valence-electron chi connectivity index (χ2n) is 6.85. The van der Waals surface area contributed by atoms with Gasteiger partial charge in [0.05, 0.1) is 17.9 Å². The third kappa shape index (κ3) is 2.82. The van der Waals surface area contributed by atoms with E-state index in [4.69, 9.17) is 4.74 Å². The second-order valence-corrected chi connectivity index (χ2v) is 6.85. The van der Waals surface area contributed by atoms with Crippen LogP contribution in [0.3, 0.4) is 0 Å². The number of nitrogens with zero attached hydrogens (tertiary/aromatic N) is 3. The lowest BCUT2D eigenvalue weighted by atomic mass is 9.76. The highest BCUT2D eigenvalue weighted by atomic mass is 16.5. The fraction of sp³-hybridized carbons (Fsp3) is 0.368. The molecule has 0 radical (unpaired) electrons. The molecule has 1 N–H and O–H groups in total. The lowest BCUT2D eigenvalue weighted by Crippen LogP contribution is -2.67. The Labute approximate surface area is 155 Å². The van der Waals surface area contributed by atoms with Gasteiger partial charge < -0.3 is 19.5 Å². The van der Waals surface area contributed by atoms with Gasteiger partial charge in [0, 0.05) is 20.1 Å². The summed E-state index contributed by atoms with van der Waals surface area (Å²) in [6.07, 6.45) is 2.65. The quantitative estimate of drug-likeness (QED) is 0.826. The molecule has 1 aromatic carbocycles. The number of nitrogens with one attached hydrogen (secondary N) is 1. The Hall–Kier alpha value is -3.00. The van der Waals surface area contributed by atoms with Gasteiger partial charge in [-0.15, -0.1) is 0 Å². The van der Waals surface area contributed by atoms with E-state index in [1.54, 1.807) is 16.8 Å². The van der Waals surface area contributed by atoms with Crippen LogP contribution in [0.5, 0.6) is 0 Å². The van der Waals surface area contributed by atoms with Gasteiger partial charge in [0.1, 0.15) is 18.4 Å². The first-order chi connectivity index (χ1) is 13.0. The summed E-state index contributed by atoms with van der Waals surface area (Å²) in [5.41, 5.74) is 0.105. The lowest BCUT2D eigenvalue weighted by Gasteiger charge is -2.54. The largest absolute Gasteiger partial charge is 0.364 e. The molecule has 2 saturated heterocycles. The molecule has 8 nitrogen and oxygen atoms in total. The Morgan fingerprint density at radius 3 is 2.78 bits per heavy atom. The molecule has 0 bridgehead atoms. The molecule has 140 valence electrons. The summed E-state index contributed by atoms with van der Waals surface area (Å²) in [6.45, 7) is 0.742. The van der Waals surface area contributed by atoms with E-state index in [-0.39, 0.29) is 30.2 Å². The molecule has 27 heavy (non-hydrogen) atoms. The third-order valence-corrected chi connectivity index (χ3v) is 5.51. The molecule has 2 aromatic rings. The van der Waals surface area contributed by atoms with Crippen LogP contribution < -0.4 is 5.56 Å². The first-order valence-electron chi connectivity index (χ1n) is 8.80. The number of benzene rings is 1. The minimum absolute atomic E-state index is 0.0124. The molecule has 2 aliphatic rings. The van der Waals surface area contributed by atoms with E-state index in [0.29, 0.717) is 19.5 Å². The molecule has 2 aliphatic heterocycles. The second kappa shape index (κ2) is 6.62. The maximum Gasteiger partial charge on any atom is 0.272 e. The van der Waals surface area contributed by atoms with Gasteiger partial charge >= 0.3 is 0 Å². The average Bonchev–Trinajstić information content (AvgIpc) is 2.70. The SMILES string of the molecule is CN1C(=O)CO[C@@H]2CN(C(=O)c3cncc(=O)[nH]3)CC[C@]21c1ccccc1. The molecule has 1 aromatic heterocycles. The van der Waals surface area contributed by atoms with Crippen molar-refractivity contribution in [3.63, 3.8) is 0 Å². The highest BCUT2D eigenvalue weighted by Gasteiger charge is 2.53. The number of likely N-dealkylation sites (tertiary alicyclic amines) is 1. The Bertz CT molecular complexity index is 929. The first-order valence-corrected chi connectivity index (χ1v) is 8.80. The van der Waals surface area contributed by atoms with Crippen LogP contribution in [0, 0.1) is 0 Å². The van der Waals surface area contributed by atoms with Crippen LogP contribution in [0.4, 0.5) is 0 Å². The maximum atomic E-state index is 12.8. The number of aromatic amines is 1. The number of amides is 2. The summed E-state index contributed by atoms with van der Waals surface area (Å²) in [5, 5.41) is 0. The van der Waals surface area contributed by atoms with Crippen molar-refractivity contribution in [3.05, 3.63) is 64.3 Å². The number of hydrogen-bond acceptors (Lipinski definition) is 5. The zero-order chi connectivity index (χ0) is 19.0. The number of aromatic nitrogens is 2. The number of hydrogen-bond donors (Lipinski definition) is 1. The Morgan fingerprint density at radius 1 is 1.26 bits per heavy atom. The highest BCUT2D eigenvalue weighted by molar-refractivity contribution is 5.92. The molecule has 2 atom stereocenters. The zero-order valence-corrected chi connectivity index (χ0v) is 14.9. The van der Waals surface area contributed by atoms with Crippen molar-refractivity contribution in [2.45, 2.75) is 18.1 Å². The van der Waals surface area contributed by atoms with E-state index in [0.717, 1.165) is 11.8 Å². The molecule has 2 fully saturated rings. The number of piperidine rings is 1. The van der Waals surface area contributed by atoms with E-state index in [1.807, 2.05) is 30.3 Å². The van der Waals surface area contributed by atoms with Crippen LogP contribution in [0.15, 0.2) is 47.5 Å². The minimum atomic E-state index is -0.615. The van der Waals surface area contributed by atoms with Crippen LogP contribution >= 0.6 is 0 Å². The monoisotopic (exact) mass is 368 g/mol. The third-order valence-electron chi connectivity index (χ3n) is 5.51. The smallest absolute Gasteiger partial charge is 0.272 e. The van der Waals surface area contributed by atoms with E-state index in [9.17, 15) is 14.4 Å². The normalized spacial score (nSPS) is 25.2. The van der Waals surface area contributed by atoms with E-state index in [2.05, 4.69) is 9.97 Å². The van der Waals surface area contributed by atoms with Gasteiger partial charge in [-0.25, -0.2) is 0 Å². The van der Waals surface area contributed by atoms with Crippen LogP contribution in [-0.2, 0) is 15.1 Å². The number of carbonyl (C=O) groups is 2. The molecular weight excluding hydrogens is 348 g/mol. The summed E-state index contributed by atoms with van der Waals surface area (Å²) in [7, 11) is 1.79. The fourth-order valence-electron chi connectivity index (χ4n) is 4.07. The van der Waals surface area contributed by atoms with Crippen molar-refractivity contribution in [1.29, 1.82) is 0 Å². The summed E-state index contributed by atoms with van der Waals surface area (Å²) < 4.78 is 5.89. The Kier molecular flexibility index (Phi) is 4.27. The van der Waals surface area contributed by atoms with Crippen molar-refractivity contribution in [2.24, 2.45) is 0 Å². The maximum absolute atomic E-state index is 12.8. The van der Waals surface area contributed by atoms with Crippen LogP contribution in [0.25, 0.3) is 0 Å². The van der Waals surface area contributed by atoms with Crippen molar-refractivity contribution in [2.75, 3.05) is 26.7 Å². The number of rotatable bonds is 2. The number of H-pyrrole nitrogens is 1. The molecule has 4 rings (SSSR count). The standard InChI is InChI=1S/C19H20N4O4/c1-22-17(25)12-27-15-11-23(18(26)14-9-20-10-16(24)21-14)8-7-19(15,22)13-5-3-2-4-6-13/h2-6,9-10,15H,7-8,11-12H2,1H3,(H,21,24)/t15-,19+/m1/s1. The van der Waals surface area contributed by atoms with Gasteiger partial charge in [-0.3, -0.25) is 19.4 Å². The van der Waals surface area contributed by atoms with Gasteiger partial charge in [0.2, 0.25) is 5.91 Å². The Morgan fingerprint density at radius 2 is 2.04 bits per heavy atom. The summed E-state index contributed by atoms with van der Waals surface area (Å²) in [5.74, 6) is -0.378. The number of likely N-dealkylation sites (N-methyl/N-ethyl adjacent to an activating group) is 1. The van der Waals surface area contributed by atoms with E-state index in [1.165, 1.54) is 6.20 Å². The Balaban J connectivity index is 1.66. The van der Waals surface area contributed by atoms with Crippen molar-refractivity contribution in [1.82, 2.24) is 19.8 Å². The molecule has 3 heterocycles. The molecule has 8 heteroatoms. The summed E-state index contributed by atoms with van der Waals surface area (Å²) >= 11 is 0. The minimum Gasteiger partial charge on any atom is -0.364 e. The van der Waals surface area contributed by atoms with Crippen LogP contribution in [0.2, 0.25) is 0 Å². The average molecular weight is 368 g/mol. The highest BCUT2D eigenvalue weighted by Crippen LogP contribution is 2.42. The first kappa shape index (κ1) is 17.4. The van der Waals surface area contributed by atoms with Crippen LogP contribution in [-0.4, -0.2) is 64.4 Å². The molecule has 0 saturated carbocycles. The summed E-state index contributed by atoms with van der Waals surface area (Å²) in [4.78, 5) is 46.3. The van der Waals surface area contributed by atoms with Gasteiger partial charge in [-0.05, 0) is 12.0 Å². The predicted octanol–water partition coefficient (Wildman–Crippen LogP) is 0.369. The van der Waals surface area contributed by atoms with Gasteiger partial charge in [-0.1, -0.05) is 30.3 Å². The fourth-order valence-corrected chi connectivity index (χ4v) is 4.07. The van der Waals surface area contributed by atoms with Gasteiger partial charge in [0.25, 0.3) is 11.5 Å². The molecule has 0 unspecified atom stereocenters. The van der Waals surface area contributed by atoms with Crippen molar-refractivity contribution < 1.29 is 14.3 Å². The molecule has 0 spiro atoms. The zero-order valence-electron chi connectivity index (χ0n) is 14.9. The van der Waals surface area contributed by atoms with Gasteiger partial charge in [-0.2, -0.15) is 0 Å². The predicted molar refractivity (Wildman–Crippen MR) is 96.0 cm³/mol. The molecule has 2 amide bonds. The number of carbonyl (C=O) groups excluding carboxylic acids is 2. The topological polar surface area (TPSA) is 95.6 Å². The lowest BCUT2D eigenvalue weighted by molar-refractivity contribution is -0.180. The number of fused-ring (bicyclic) bond motifs is 1. The van der Waals surface area contributed by atoms with E-state index >= 15 is 0 Å². The molecule has 0 aliphatic carbocycles. The summed E-state index contributed by atoms with van der Waals surface area (Å²) in [6, 6.07) is 9.78. The van der Waals surface area contributed by atoms with E-state index < -0.39 is 11.1 Å². The number of ether oxygens (including phenoxy) is 1. The number of morpholine rings is 1. The molecular formula is C19H20N4O4. The van der Waals surface area contributed by atoms with Crippen molar-refractivity contribution >= 4 is 11.8 Å². The van der Waals surface area contributed by atoms with Crippen LogP contribution in [0.1, 0.15) is 22.5 Å². The van der Waals surface area contributed by atoms with Gasteiger partial charge in [0.15, 0.2) is 0 Å².